The first-order valence-corrected chi connectivity index (χ1v) is 12.7. The van der Waals surface area contributed by atoms with Crippen LogP contribution in [0.15, 0.2) is 33.9 Å². The highest BCUT2D eigenvalue weighted by molar-refractivity contribution is 7.18. The predicted octanol–water partition coefficient (Wildman–Crippen LogP) is 3.55. The third-order valence-corrected chi connectivity index (χ3v) is 7.98. The van der Waals surface area contributed by atoms with Gasteiger partial charge in [0.25, 0.3) is 5.56 Å². The van der Waals surface area contributed by atoms with Gasteiger partial charge in [-0.2, -0.15) is 0 Å². The van der Waals surface area contributed by atoms with Crippen LogP contribution in [0.1, 0.15) is 55.9 Å². The number of rotatable bonds is 6. The number of benzene rings is 1. The van der Waals surface area contributed by atoms with Gasteiger partial charge in [0.05, 0.1) is 17.7 Å². The van der Waals surface area contributed by atoms with Crippen LogP contribution in [0.25, 0.3) is 15.9 Å². The van der Waals surface area contributed by atoms with Gasteiger partial charge >= 0.3 is 5.69 Å². The second kappa shape index (κ2) is 9.17. The van der Waals surface area contributed by atoms with E-state index < -0.39 is 5.69 Å². The highest BCUT2D eigenvalue weighted by atomic mass is 32.1. The molecule has 2 heterocycles. The van der Waals surface area contributed by atoms with Crippen LogP contribution >= 0.6 is 11.3 Å². The number of fused-ring (bicyclic) bond motifs is 3. The van der Waals surface area contributed by atoms with Crippen molar-refractivity contribution in [3.05, 3.63) is 55.5 Å². The van der Waals surface area contributed by atoms with Crippen LogP contribution in [0.4, 0.5) is 0 Å². The van der Waals surface area contributed by atoms with E-state index in [1.54, 1.807) is 24.3 Å². The number of nitrogens with one attached hydrogen (secondary N) is 1. The number of amides is 1. The molecule has 8 heteroatoms. The Kier molecular flexibility index (Phi) is 6.10. The minimum atomic E-state index is -0.475. The minimum absolute atomic E-state index is 0.0808. The van der Waals surface area contributed by atoms with Crippen LogP contribution in [0.5, 0.6) is 5.75 Å². The fraction of sp³-hybridized carbons (Fsp3) is 0.480. The second-order valence-electron chi connectivity index (χ2n) is 8.88. The molecular formula is C25H29N3O4S. The lowest BCUT2D eigenvalue weighted by molar-refractivity contribution is -0.122. The van der Waals surface area contributed by atoms with Crippen molar-refractivity contribution in [2.75, 3.05) is 6.61 Å². The summed E-state index contributed by atoms with van der Waals surface area (Å²) >= 11 is 1.50. The van der Waals surface area contributed by atoms with Crippen molar-refractivity contribution in [3.8, 4) is 11.4 Å². The zero-order chi connectivity index (χ0) is 22.9. The number of carbonyl (C=O) groups is 1. The summed E-state index contributed by atoms with van der Waals surface area (Å²) in [6.07, 6.45) is 8.07. The Hall–Kier alpha value is -2.87. The summed E-state index contributed by atoms with van der Waals surface area (Å²) in [7, 11) is 0. The van der Waals surface area contributed by atoms with Gasteiger partial charge in [0.2, 0.25) is 5.91 Å². The molecule has 1 fully saturated rings. The molecule has 0 radical (unpaired) electrons. The molecule has 2 aliphatic carbocycles. The summed E-state index contributed by atoms with van der Waals surface area (Å²) in [5.41, 5.74) is 0.759. The first-order valence-electron chi connectivity index (χ1n) is 11.9. The average molecular weight is 468 g/mol. The summed E-state index contributed by atoms with van der Waals surface area (Å²) in [5, 5.41) is 3.67. The number of aryl methyl sites for hydroxylation is 2. The Morgan fingerprint density at radius 3 is 2.55 bits per heavy atom. The molecule has 0 aliphatic heterocycles. The Bertz CT molecular complexity index is 1300. The van der Waals surface area contributed by atoms with Crippen molar-refractivity contribution < 1.29 is 9.53 Å². The summed E-state index contributed by atoms with van der Waals surface area (Å²) in [4.78, 5) is 41.9. The van der Waals surface area contributed by atoms with Gasteiger partial charge < -0.3 is 10.1 Å². The molecule has 3 aromatic rings. The lowest BCUT2D eigenvalue weighted by Gasteiger charge is -2.15. The van der Waals surface area contributed by atoms with Gasteiger partial charge in [-0.3, -0.25) is 14.2 Å². The van der Waals surface area contributed by atoms with E-state index in [1.165, 1.54) is 25.3 Å². The molecule has 1 amide bonds. The number of thiophene rings is 1. The normalized spacial score (nSPS) is 16.2. The average Bonchev–Trinajstić information content (AvgIpc) is 3.46. The zero-order valence-electron chi connectivity index (χ0n) is 18.9. The van der Waals surface area contributed by atoms with Gasteiger partial charge in [-0.05, 0) is 75.3 Å². The maximum absolute atomic E-state index is 13.6. The molecule has 2 aliphatic rings. The van der Waals surface area contributed by atoms with Crippen LogP contribution in [0.3, 0.4) is 0 Å². The standard InChI is InChI=1S/C25H29N3O4S/c1-2-32-18-13-11-17(12-14-18)28-23(30)22-19-9-5-6-10-20(19)33-24(22)27(25(28)31)15-21(29)26-16-7-3-4-8-16/h11-14,16H,2-10,15H2,1H3,(H,26,29). The van der Waals surface area contributed by atoms with Crippen molar-refractivity contribution >= 4 is 27.5 Å². The van der Waals surface area contributed by atoms with Crippen molar-refractivity contribution in [1.82, 2.24) is 14.5 Å². The quantitative estimate of drug-likeness (QED) is 0.601. The third kappa shape index (κ3) is 4.12. The fourth-order valence-electron chi connectivity index (χ4n) is 5.08. The maximum Gasteiger partial charge on any atom is 0.337 e. The topological polar surface area (TPSA) is 82.3 Å². The van der Waals surface area contributed by atoms with E-state index in [4.69, 9.17) is 4.74 Å². The van der Waals surface area contributed by atoms with Crippen LogP contribution < -0.4 is 21.3 Å². The summed E-state index contributed by atoms with van der Waals surface area (Å²) < 4.78 is 8.22. The van der Waals surface area contributed by atoms with Crippen molar-refractivity contribution in [2.45, 2.75) is 70.9 Å². The summed E-state index contributed by atoms with van der Waals surface area (Å²) in [6.45, 7) is 2.36. The lowest BCUT2D eigenvalue weighted by Crippen LogP contribution is -2.43. The van der Waals surface area contributed by atoms with Crippen molar-refractivity contribution in [3.63, 3.8) is 0 Å². The summed E-state index contributed by atoms with van der Waals surface area (Å²) in [5.74, 6) is 0.508. The number of aromatic nitrogens is 2. The van der Waals surface area contributed by atoms with Gasteiger partial charge in [0.1, 0.15) is 17.1 Å². The summed E-state index contributed by atoms with van der Waals surface area (Å²) in [6, 6.07) is 7.14. The third-order valence-electron chi connectivity index (χ3n) is 6.66. The Morgan fingerprint density at radius 1 is 1.09 bits per heavy atom. The smallest absolute Gasteiger partial charge is 0.337 e. The molecule has 0 unspecified atom stereocenters. The van der Waals surface area contributed by atoms with E-state index >= 15 is 0 Å². The number of nitrogens with zero attached hydrogens (tertiary/aromatic N) is 2. The molecular weight excluding hydrogens is 438 g/mol. The van der Waals surface area contributed by atoms with Crippen LogP contribution in [-0.4, -0.2) is 27.7 Å². The zero-order valence-corrected chi connectivity index (χ0v) is 19.7. The van der Waals surface area contributed by atoms with Gasteiger partial charge in [-0.25, -0.2) is 9.36 Å². The van der Waals surface area contributed by atoms with E-state index in [0.717, 1.165) is 56.9 Å². The molecule has 174 valence electrons. The minimum Gasteiger partial charge on any atom is -0.494 e. The molecule has 7 nitrogen and oxygen atoms in total. The molecule has 0 atom stereocenters. The van der Waals surface area contributed by atoms with Gasteiger partial charge in [-0.1, -0.05) is 12.8 Å². The molecule has 2 aromatic heterocycles. The van der Waals surface area contributed by atoms with E-state index in [2.05, 4.69) is 5.32 Å². The molecule has 33 heavy (non-hydrogen) atoms. The molecule has 0 bridgehead atoms. The monoisotopic (exact) mass is 467 g/mol. The van der Waals surface area contributed by atoms with Crippen LogP contribution in [0.2, 0.25) is 0 Å². The number of ether oxygens (including phenoxy) is 1. The van der Waals surface area contributed by atoms with E-state index in [0.29, 0.717) is 28.3 Å². The molecule has 0 spiro atoms. The Balaban J connectivity index is 1.64. The fourth-order valence-corrected chi connectivity index (χ4v) is 6.45. The molecule has 0 saturated heterocycles. The molecule has 1 N–H and O–H groups in total. The maximum atomic E-state index is 13.6. The largest absolute Gasteiger partial charge is 0.494 e. The van der Waals surface area contributed by atoms with Gasteiger partial charge in [0, 0.05) is 10.9 Å². The molecule has 5 rings (SSSR count). The highest BCUT2D eigenvalue weighted by Crippen LogP contribution is 2.34. The molecule has 1 aromatic carbocycles. The van der Waals surface area contributed by atoms with E-state index in [9.17, 15) is 14.4 Å². The molecule has 1 saturated carbocycles. The number of carbonyl (C=O) groups excluding carboxylic acids is 1. The van der Waals surface area contributed by atoms with Gasteiger partial charge in [0.15, 0.2) is 0 Å². The first-order chi connectivity index (χ1) is 16.1. The van der Waals surface area contributed by atoms with Crippen LogP contribution in [0, 0.1) is 0 Å². The lowest BCUT2D eigenvalue weighted by atomic mass is 9.97. The second-order valence-corrected chi connectivity index (χ2v) is 9.96. The SMILES string of the molecule is CCOc1ccc(-n2c(=O)c3c4c(sc3n(CC(=O)NC3CCCC3)c2=O)CCCC4)cc1. The van der Waals surface area contributed by atoms with Gasteiger partial charge in [-0.15, -0.1) is 11.3 Å². The predicted molar refractivity (Wildman–Crippen MR) is 130 cm³/mol. The van der Waals surface area contributed by atoms with Crippen molar-refractivity contribution in [1.29, 1.82) is 0 Å². The first kappa shape index (κ1) is 21.9. The van der Waals surface area contributed by atoms with Crippen molar-refractivity contribution in [2.24, 2.45) is 0 Å². The Labute approximate surface area is 196 Å². The van der Waals surface area contributed by atoms with Crippen LogP contribution in [-0.2, 0) is 24.2 Å². The number of hydrogen-bond acceptors (Lipinski definition) is 5. The number of hydrogen-bond donors (Lipinski definition) is 1. The van der Waals surface area contributed by atoms with E-state index in [1.807, 2.05) is 6.92 Å². The highest BCUT2D eigenvalue weighted by Gasteiger charge is 2.26. The van der Waals surface area contributed by atoms with E-state index in [-0.39, 0.29) is 24.1 Å². The Morgan fingerprint density at radius 2 is 1.82 bits per heavy atom.